The Labute approximate surface area is 113 Å². The number of carbonyl (C=O) groups is 1. The molecule has 1 amide bonds. The maximum Gasteiger partial charge on any atom is 0.252 e. The van der Waals surface area contributed by atoms with E-state index in [1.807, 2.05) is 12.4 Å². The van der Waals surface area contributed by atoms with Gasteiger partial charge in [-0.05, 0) is 56.3 Å². The van der Waals surface area contributed by atoms with Crippen LogP contribution in [0.5, 0.6) is 0 Å². The van der Waals surface area contributed by atoms with Crippen molar-refractivity contribution in [1.29, 1.82) is 0 Å². The van der Waals surface area contributed by atoms with Gasteiger partial charge < -0.3 is 16.0 Å². The first kappa shape index (κ1) is 11.4. The van der Waals surface area contributed by atoms with E-state index in [1.165, 1.54) is 38.5 Å². The molecule has 0 radical (unpaired) electrons. The molecule has 0 spiro atoms. The maximum atomic E-state index is 11.4. The molecule has 4 bridgehead atoms. The normalized spacial score (nSPS) is 39.7. The monoisotopic (exact) mass is 259 g/mol. The molecule has 5 rings (SSSR count). The second-order valence-electron chi connectivity index (χ2n) is 7.04. The Hall–Kier alpha value is -1.45. The minimum absolute atomic E-state index is 0.219. The third-order valence-corrected chi connectivity index (χ3v) is 5.68. The zero-order valence-corrected chi connectivity index (χ0v) is 11.1. The molecule has 4 heteroatoms. The lowest BCUT2D eigenvalue weighted by atomic mass is 9.53. The molecule has 0 unspecified atom stereocenters. The highest BCUT2D eigenvalue weighted by molar-refractivity contribution is 5.97. The zero-order valence-electron chi connectivity index (χ0n) is 11.1. The van der Waals surface area contributed by atoms with Crippen molar-refractivity contribution in [3.63, 3.8) is 0 Å². The van der Waals surface area contributed by atoms with Crippen LogP contribution >= 0.6 is 0 Å². The number of anilines is 1. The molecule has 0 aliphatic heterocycles. The van der Waals surface area contributed by atoms with Crippen LogP contribution in [0, 0.1) is 17.8 Å². The third kappa shape index (κ3) is 1.55. The minimum Gasteiger partial charge on any atom is -0.397 e. The van der Waals surface area contributed by atoms with E-state index in [2.05, 4.69) is 4.57 Å². The topological polar surface area (TPSA) is 74.0 Å². The fraction of sp³-hybridized carbons (Fsp3) is 0.667. The van der Waals surface area contributed by atoms with Gasteiger partial charge >= 0.3 is 0 Å². The third-order valence-electron chi connectivity index (χ3n) is 5.68. The molecule has 4 aliphatic rings. The highest BCUT2D eigenvalue weighted by Gasteiger charge is 2.51. The van der Waals surface area contributed by atoms with Crippen molar-refractivity contribution >= 4 is 11.6 Å². The van der Waals surface area contributed by atoms with Gasteiger partial charge in [0.1, 0.15) is 0 Å². The number of amides is 1. The van der Waals surface area contributed by atoms with Gasteiger partial charge in [-0.25, -0.2) is 0 Å². The molecule has 1 aromatic heterocycles. The van der Waals surface area contributed by atoms with Gasteiger partial charge in [-0.3, -0.25) is 4.79 Å². The molecular formula is C15H21N3O. The van der Waals surface area contributed by atoms with Crippen molar-refractivity contribution in [2.24, 2.45) is 23.5 Å². The highest BCUT2D eigenvalue weighted by atomic mass is 16.1. The molecule has 19 heavy (non-hydrogen) atoms. The van der Waals surface area contributed by atoms with Crippen LogP contribution in [0.4, 0.5) is 5.69 Å². The summed E-state index contributed by atoms with van der Waals surface area (Å²) in [4.78, 5) is 11.4. The number of aromatic nitrogens is 1. The fourth-order valence-electron chi connectivity index (χ4n) is 5.33. The largest absolute Gasteiger partial charge is 0.397 e. The number of hydrogen-bond acceptors (Lipinski definition) is 2. The first-order chi connectivity index (χ1) is 9.06. The molecule has 4 saturated carbocycles. The van der Waals surface area contributed by atoms with Crippen LogP contribution in [-0.2, 0) is 5.54 Å². The Morgan fingerprint density at radius 1 is 1.11 bits per heavy atom. The van der Waals surface area contributed by atoms with Gasteiger partial charge in [0.05, 0.1) is 11.3 Å². The number of nitrogen functional groups attached to an aromatic ring is 1. The Bertz CT molecular complexity index is 510. The summed E-state index contributed by atoms with van der Waals surface area (Å²) in [7, 11) is 0. The van der Waals surface area contributed by atoms with E-state index in [0.29, 0.717) is 11.3 Å². The van der Waals surface area contributed by atoms with Gasteiger partial charge in [0, 0.05) is 17.9 Å². The minimum atomic E-state index is -0.416. The molecule has 4 N–H and O–H groups in total. The van der Waals surface area contributed by atoms with Crippen molar-refractivity contribution in [2.45, 2.75) is 44.1 Å². The SMILES string of the molecule is NC(=O)c1cn(C23CC4CC(CC(C4)C2)C3)cc1N. The first-order valence-electron chi connectivity index (χ1n) is 7.33. The van der Waals surface area contributed by atoms with Crippen LogP contribution in [0.25, 0.3) is 0 Å². The zero-order chi connectivity index (χ0) is 13.2. The summed E-state index contributed by atoms with van der Waals surface area (Å²) in [6.45, 7) is 0. The van der Waals surface area contributed by atoms with Crippen LogP contribution in [0.2, 0.25) is 0 Å². The van der Waals surface area contributed by atoms with Gasteiger partial charge in [0.2, 0.25) is 0 Å². The summed E-state index contributed by atoms with van der Waals surface area (Å²) in [6.07, 6.45) is 11.8. The Balaban J connectivity index is 1.75. The first-order valence-corrected chi connectivity index (χ1v) is 7.33. The molecule has 1 heterocycles. The quantitative estimate of drug-likeness (QED) is 0.853. The van der Waals surface area contributed by atoms with E-state index in [9.17, 15) is 4.79 Å². The van der Waals surface area contributed by atoms with Gasteiger partial charge in [0.25, 0.3) is 5.91 Å². The summed E-state index contributed by atoms with van der Waals surface area (Å²) in [5.74, 6) is 2.23. The number of hydrogen-bond donors (Lipinski definition) is 2. The average Bonchev–Trinajstić information content (AvgIpc) is 2.70. The lowest BCUT2D eigenvalue weighted by Gasteiger charge is -2.57. The number of nitrogens with two attached hydrogens (primary N) is 2. The second kappa shape index (κ2) is 3.56. The number of carbonyl (C=O) groups excluding carboxylic acids is 1. The molecule has 4 nitrogen and oxygen atoms in total. The van der Waals surface area contributed by atoms with E-state index < -0.39 is 5.91 Å². The van der Waals surface area contributed by atoms with Gasteiger partial charge in [0.15, 0.2) is 0 Å². The predicted molar refractivity (Wildman–Crippen MR) is 73.5 cm³/mol. The summed E-state index contributed by atoms with van der Waals surface area (Å²) in [5, 5.41) is 0. The van der Waals surface area contributed by atoms with E-state index in [4.69, 9.17) is 11.5 Å². The van der Waals surface area contributed by atoms with Crippen molar-refractivity contribution in [3.05, 3.63) is 18.0 Å². The molecule has 1 aromatic rings. The lowest BCUT2D eigenvalue weighted by molar-refractivity contribution is -0.0428. The summed E-state index contributed by atoms with van der Waals surface area (Å²) >= 11 is 0. The average molecular weight is 259 g/mol. The second-order valence-corrected chi connectivity index (χ2v) is 7.04. The Morgan fingerprint density at radius 2 is 1.63 bits per heavy atom. The number of nitrogens with zero attached hydrogens (tertiary/aromatic N) is 1. The van der Waals surface area contributed by atoms with Crippen LogP contribution in [0.3, 0.4) is 0 Å². The van der Waals surface area contributed by atoms with Crippen molar-refractivity contribution in [3.8, 4) is 0 Å². The maximum absolute atomic E-state index is 11.4. The number of rotatable bonds is 2. The van der Waals surface area contributed by atoms with Crippen molar-refractivity contribution in [1.82, 2.24) is 4.57 Å². The van der Waals surface area contributed by atoms with Crippen molar-refractivity contribution < 1.29 is 4.79 Å². The lowest BCUT2D eigenvalue weighted by Crippen LogP contribution is -2.51. The number of primary amides is 1. The Kier molecular flexibility index (Phi) is 2.13. The van der Waals surface area contributed by atoms with Crippen LogP contribution in [0.1, 0.15) is 48.9 Å². The predicted octanol–water partition coefficient (Wildman–Crippen LogP) is 2.09. The molecule has 102 valence electrons. The highest BCUT2D eigenvalue weighted by Crippen LogP contribution is 2.59. The van der Waals surface area contributed by atoms with E-state index in [0.717, 1.165) is 17.8 Å². The molecule has 4 aliphatic carbocycles. The fourth-order valence-corrected chi connectivity index (χ4v) is 5.33. The van der Waals surface area contributed by atoms with E-state index in [-0.39, 0.29) is 5.54 Å². The van der Waals surface area contributed by atoms with Crippen molar-refractivity contribution in [2.75, 3.05) is 5.73 Å². The Morgan fingerprint density at radius 3 is 2.05 bits per heavy atom. The summed E-state index contributed by atoms with van der Waals surface area (Å²) in [6, 6.07) is 0. The summed E-state index contributed by atoms with van der Waals surface area (Å²) < 4.78 is 2.23. The summed E-state index contributed by atoms with van der Waals surface area (Å²) in [5.41, 5.74) is 12.6. The molecule has 0 saturated heterocycles. The van der Waals surface area contributed by atoms with Gasteiger partial charge in [-0.15, -0.1) is 0 Å². The van der Waals surface area contributed by atoms with Crippen LogP contribution in [-0.4, -0.2) is 10.5 Å². The van der Waals surface area contributed by atoms with Crippen LogP contribution in [0.15, 0.2) is 12.4 Å². The standard InChI is InChI=1S/C15H21N3O/c16-13-8-18(7-12(13)14(17)19)15-4-9-1-10(5-15)3-11(2-9)6-15/h7-11H,1-6,16H2,(H2,17,19). The van der Waals surface area contributed by atoms with Crippen LogP contribution < -0.4 is 11.5 Å². The molecule has 0 atom stereocenters. The molecule has 4 fully saturated rings. The van der Waals surface area contributed by atoms with Gasteiger partial charge in [-0.1, -0.05) is 0 Å². The molecule has 0 aromatic carbocycles. The van der Waals surface area contributed by atoms with Gasteiger partial charge in [-0.2, -0.15) is 0 Å². The van der Waals surface area contributed by atoms with E-state index >= 15 is 0 Å². The smallest absolute Gasteiger partial charge is 0.252 e. The van der Waals surface area contributed by atoms with E-state index in [1.54, 1.807) is 0 Å². The molecular weight excluding hydrogens is 238 g/mol.